The third-order valence-electron chi connectivity index (χ3n) is 5.27. The summed E-state index contributed by atoms with van der Waals surface area (Å²) in [5.74, 6) is -3.40. The fourth-order valence-corrected chi connectivity index (χ4v) is 4.10. The van der Waals surface area contributed by atoms with Crippen LogP contribution in [-0.4, -0.2) is 47.8 Å². The SMILES string of the molecule is COC(=O)C1(Cc2ccc(O)c(CC=C(C)C)c2)OC(=O)C(OS(=O)(=O)O)=C1c1ccc(O)cc1. The van der Waals surface area contributed by atoms with E-state index in [2.05, 4.69) is 4.18 Å². The van der Waals surface area contributed by atoms with Crippen molar-refractivity contribution in [2.45, 2.75) is 32.3 Å². The van der Waals surface area contributed by atoms with Crippen molar-refractivity contribution in [1.29, 1.82) is 0 Å². The van der Waals surface area contributed by atoms with Gasteiger partial charge in [0.2, 0.25) is 11.4 Å². The zero-order chi connectivity index (χ0) is 26.0. The van der Waals surface area contributed by atoms with Crippen molar-refractivity contribution in [3.8, 4) is 11.5 Å². The van der Waals surface area contributed by atoms with Gasteiger partial charge in [-0.15, -0.1) is 0 Å². The number of phenols is 2. The Morgan fingerprint density at radius 1 is 1.11 bits per heavy atom. The van der Waals surface area contributed by atoms with E-state index in [0.29, 0.717) is 17.5 Å². The smallest absolute Gasteiger partial charge is 0.446 e. The van der Waals surface area contributed by atoms with Gasteiger partial charge in [0.25, 0.3) is 0 Å². The molecule has 0 amide bonds. The lowest BCUT2D eigenvalue weighted by atomic mass is 9.83. The second-order valence-electron chi connectivity index (χ2n) is 8.10. The topological polar surface area (TPSA) is 157 Å². The first kappa shape index (κ1) is 25.8. The normalized spacial score (nSPS) is 17.7. The van der Waals surface area contributed by atoms with Gasteiger partial charge in [0.05, 0.1) is 12.7 Å². The van der Waals surface area contributed by atoms with E-state index >= 15 is 0 Å². The summed E-state index contributed by atoms with van der Waals surface area (Å²) < 4.78 is 47.1. The molecule has 35 heavy (non-hydrogen) atoms. The van der Waals surface area contributed by atoms with Crippen LogP contribution in [-0.2, 0) is 46.5 Å². The highest BCUT2D eigenvalue weighted by atomic mass is 32.3. The average molecular weight is 505 g/mol. The number of rotatable bonds is 8. The van der Waals surface area contributed by atoms with Crippen LogP contribution in [0.25, 0.3) is 5.57 Å². The van der Waals surface area contributed by atoms with Crippen LogP contribution in [0, 0.1) is 0 Å². The Morgan fingerprint density at radius 3 is 2.34 bits per heavy atom. The Hall–Kier alpha value is -3.83. The monoisotopic (exact) mass is 504 g/mol. The number of carbonyl (C=O) groups is 2. The van der Waals surface area contributed by atoms with Gasteiger partial charge >= 0.3 is 22.3 Å². The first-order chi connectivity index (χ1) is 16.4. The van der Waals surface area contributed by atoms with Crippen LogP contribution in [0.2, 0.25) is 0 Å². The molecule has 0 saturated heterocycles. The highest BCUT2D eigenvalue weighted by molar-refractivity contribution is 7.81. The minimum atomic E-state index is -5.17. The van der Waals surface area contributed by atoms with Crippen LogP contribution in [0.3, 0.4) is 0 Å². The average Bonchev–Trinajstić information content (AvgIpc) is 3.04. The summed E-state index contributed by atoms with van der Waals surface area (Å²) in [7, 11) is -4.11. The van der Waals surface area contributed by atoms with Crippen molar-refractivity contribution >= 4 is 27.9 Å². The Bertz CT molecular complexity index is 1320. The molecule has 11 heteroatoms. The maximum Gasteiger partial charge on any atom is 0.446 e. The molecular formula is C24H24O10S. The summed E-state index contributed by atoms with van der Waals surface area (Å²) in [5, 5.41) is 19.9. The van der Waals surface area contributed by atoms with Crippen molar-refractivity contribution in [3.05, 3.63) is 76.6 Å². The molecule has 2 aromatic rings. The maximum atomic E-state index is 13.1. The zero-order valence-electron chi connectivity index (χ0n) is 19.1. The van der Waals surface area contributed by atoms with E-state index in [1.54, 1.807) is 6.07 Å². The molecule has 0 aliphatic carbocycles. The molecular weight excluding hydrogens is 480 g/mol. The molecule has 186 valence electrons. The Morgan fingerprint density at radius 2 is 1.77 bits per heavy atom. The van der Waals surface area contributed by atoms with Gasteiger partial charge in [-0.2, -0.15) is 8.42 Å². The minimum Gasteiger partial charge on any atom is -0.508 e. The van der Waals surface area contributed by atoms with Gasteiger partial charge in [-0.05, 0) is 55.2 Å². The van der Waals surface area contributed by atoms with Crippen LogP contribution in [0.5, 0.6) is 11.5 Å². The number of hydrogen-bond acceptors (Lipinski definition) is 9. The van der Waals surface area contributed by atoms with E-state index in [1.165, 1.54) is 36.4 Å². The van der Waals surface area contributed by atoms with Crippen LogP contribution < -0.4 is 0 Å². The highest BCUT2D eigenvalue weighted by Gasteiger charge is 2.57. The summed E-state index contributed by atoms with van der Waals surface area (Å²) >= 11 is 0. The van der Waals surface area contributed by atoms with Crippen LogP contribution in [0.15, 0.2) is 59.9 Å². The Kier molecular flexibility index (Phi) is 7.22. The lowest BCUT2D eigenvalue weighted by Crippen LogP contribution is -2.44. The minimum absolute atomic E-state index is 0.0199. The number of cyclic esters (lactones) is 1. The molecule has 1 unspecified atom stereocenters. The van der Waals surface area contributed by atoms with E-state index in [4.69, 9.17) is 9.47 Å². The van der Waals surface area contributed by atoms with Gasteiger partial charge in [-0.25, -0.2) is 9.59 Å². The van der Waals surface area contributed by atoms with Gasteiger partial charge in [-0.1, -0.05) is 35.9 Å². The van der Waals surface area contributed by atoms with Gasteiger partial charge < -0.3 is 23.9 Å². The number of methoxy groups -OCH3 is 1. The van der Waals surface area contributed by atoms with E-state index < -0.39 is 33.7 Å². The number of hydrogen-bond donors (Lipinski definition) is 3. The predicted octanol–water partition coefficient (Wildman–Crippen LogP) is 2.85. The van der Waals surface area contributed by atoms with Crippen molar-refractivity contribution in [3.63, 3.8) is 0 Å². The van der Waals surface area contributed by atoms with Gasteiger partial charge in [0.15, 0.2) is 0 Å². The predicted molar refractivity (Wildman–Crippen MR) is 123 cm³/mol. The second kappa shape index (κ2) is 9.80. The van der Waals surface area contributed by atoms with Crippen molar-refractivity contribution in [2.24, 2.45) is 0 Å². The fraction of sp³-hybridized carbons (Fsp3) is 0.250. The molecule has 1 atom stereocenters. The van der Waals surface area contributed by atoms with Gasteiger partial charge in [0, 0.05) is 6.42 Å². The molecule has 3 rings (SSSR count). The first-order valence-electron chi connectivity index (χ1n) is 10.3. The standard InChI is InChI=1S/C24H24O10S/c1-14(2)4-6-17-12-15(5-11-19(17)26)13-24(23(28)32-3)20(16-7-9-18(25)10-8-16)21(22(27)33-24)34-35(29,30)31/h4-5,7-12,25-26H,6,13H2,1-3H3,(H,29,30,31). The number of allylic oxidation sites excluding steroid dienone is 2. The molecule has 1 aliphatic heterocycles. The molecule has 2 aromatic carbocycles. The molecule has 10 nitrogen and oxygen atoms in total. The van der Waals surface area contributed by atoms with E-state index in [1.807, 2.05) is 19.9 Å². The molecule has 0 aromatic heterocycles. The summed E-state index contributed by atoms with van der Waals surface area (Å²) in [4.78, 5) is 25.8. The molecule has 0 saturated carbocycles. The van der Waals surface area contributed by atoms with Crippen LogP contribution in [0.1, 0.15) is 30.5 Å². The van der Waals surface area contributed by atoms with Gasteiger partial charge in [-0.3, -0.25) is 4.55 Å². The number of aromatic hydroxyl groups is 2. The van der Waals surface area contributed by atoms with E-state index in [9.17, 15) is 32.8 Å². The van der Waals surface area contributed by atoms with Crippen LogP contribution >= 0.6 is 0 Å². The van der Waals surface area contributed by atoms with Crippen molar-refractivity contribution < 1.29 is 46.4 Å². The summed E-state index contributed by atoms with van der Waals surface area (Å²) in [6.45, 7) is 3.80. The molecule has 1 aliphatic rings. The lowest BCUT2D eigenvalue weighted by Gasteiger charge is -2.28. The molecule has 0 spiro atoms. The molecule has 0 bridgehead atoms. The summed E-state index contributed by atoms with van der Waals surface area (Å²) in [6.07, 6.45) is 1.97. The quantitative estimate of drug-likeness (QED) is 0.277. The second-order valence-corrected chi connectivity index (χ2v) is 9.12. The first-order valence-corrected chi connectivity index (χ1v) is 11.7. The van der Waals surface area contributed by atoms with Crippen LogP contribution in [0.4, 0.5) is 0 Å². The number of benzene rings is 2. The number of ether oxygens (including phenoxy) is 2. The zero-order valence-corrected chi connectivity index (χ0v) is 20.0. The number of phenolic OH excluding ortho intramolecular Hbond substituents is 2. The summed E-state index contributed by atoms with van der Waals surface area (Å²) in [6, 6.07) is 9.67. The Balaban J connectivity index is 2.23. The van der Waals surface area contributed by atoms with E-state index in [-0.39, 0.29) is 29.1 Å². The summed E-state index contributed by atoms with van der Waals surface area (Å²) in [5.41, 5.74) is -0.407. The number of carbonyl (C=O) groups excluding carboxylic acids is 2. The molecule has 1 heterocycles. The fourth-order valence-electron chi connectivity index (χ4n) is 3.73. The largest absolute Gasteiger partial charge is 0.508 e. The lowest BCUT2D eigenvalue weighted by molar-refractivity contribution is -0.169. The van der Waals surface area contributed by atoms with E-state index in [0.717, 1.165) is 12.7 Å². The van der Waals surface area contributed by atoms with Crippen molar-refractivity contribution in [2.75, 3.05) is 7.11 Å². The molecule has 0 fully saturated rings. The third kappa shape index (κ3) is 5.64. The van der Waals surface area contributed by atoms with Gasteiger partial charge in [0.1, 0.15) is 11.5 Å². The maximum absolute atomic E-state index is 13.1. The molecule has 3 N–H and O–H groups in total. The molecule has 0 radical (unpaired) electrons. The highest BCUT2D eigenvalue weighted by Crippen LogP contribution is 2.44. The Labute approximate surface area is 202 Å². The van der Waals surface area contributed by atoms with Crippen molar-refractivity contribution in [1.82, 2.24) is 0 Å². The number of esters is 2. The third-order valence-corrected chi connectivity index (χ3v) is 5.65.